The third-order valence-corrected chi connectivity index (χ3v) is 7.59. The van der Waals surface area contributed by atoms with E-state index < -0.39 is 69.6 Å². The van der Waals surface area contributed by atoms with Gasteiger partial charge >= 0.3 is 5.91 Å². The van der Waals surface area contributed by atoms with E-state index in [-0.39, 0.29) is 29.5 Å². The molecule has 1 aromatic rings. The van der Waals surface area contributed by atoms with Crippen molar-refractivity contribution >= 4 is 34.7 Å². The van der Waals surface area contributed by atoms with Gasteiger partial charge in [0.1, 0.15) is 11.5 Å². The van der Waals surface area contributed by atoms with E-state index in [0.29, 0.717) is 11.3 Å². The Labute approximate surface area is 207 Å². The van der Waals surface area contributed by atoms with Gasteiger partial charge in [-0.3, -0.25) is 25.0 Å². The van der Waals surface area contributed by atoms with Gasteiger partial charge in [0.15, 0.2) is 28.5 Å². The first-order valence-electron chi connectivity index (χ1n) is 11.4. The van der Waals surface area contributed by atoms with E-state index >= 15 is 0 Å². The van der Waals surface area contributed by atoms with Crippen LogP contribution in [0.25, 0.3) is 5.76 Å². The van der Waals surface area contributed by atoms with Crippen LogP contribution in [0.1, 0.15) is 34.8 Å². The molecule has 11 heteroatoms. The maximum atomic E-state index is 13.9. The number of phenols is 1. The Kier molecular flexibility index (Phi) is 5.86. The summed E-state index contributed by atoms with van der Waals surface area (Å²) in [6.45, 7) is 1.26. The average molecular weight is 501 g/mol. The van der Waals surface area contributed by atoms with Crippen LogP contribution >= 0.6 is 0 Å². The molecule has 0 aliphatic heterocycles. The molecule has 0 heterocycles. The van der Waals surface area contributed by atoms with Crippen LogP contribution in [0, 0.1) is 11.8 Å². The Morgan fingerprint density at radius 1 is 1.11 bits per heavy atom. The zero-order valence-corrected chi connectivity index (χ0v) is 20.7. The van der Waals surface area contributed by atoms with Crippen LogP contribution in [-0.4, -0.2) is 88.4 Å². The number of likely N-dealkylation sites (N-methyl/N-ethyl adjacent to an activating group) is 1. The van der Waals surface area contributed by atoms with Crippen molar-refractivity contribution < 1.29 is 45.3 Å². The highest BCUT2D eigenvalue weighted by atomic mass is 16.3. The van der Waals surface area contributed by atoms with E-state index in [1.54, 1.807) is 33.1 Å². The number of benzene rings is 1. The Hall–Kier alpha value is -3.54. The molecule has 0 aromatic heterocycles. The van der Waals surface area contributed by atoms with Crippen molar-refractivity contribution in [2.75, 3.05) is 33.1 Å². The van der Waals surface area contributed by atoms with Gasteiger partial charge in [-0.1, -0.05) is 0 Å². The standard InChI is InChI=1S/C25H29N3O8/c1-9(29)11-8-14(27(2)3)12-6-10-7-13-18(28(4)5)21(32)17(24(26)35)23(34)25(13,36)22(33)15(10)20(31)16(12)19(11)30/h8,10,13,18,30-31,34,36H,6-7H2,1-5H3,(H2,26,35)/p+1. The molecule has 3 aliphatic carbocycles. The van der Waals surface area contributed by atoms with Crippen molar-refractivity contribution in [2.24, 2.45) is 11.8 Å². The van der Waals surface area contributed by atoms with Crippen LogP contribution in [0.4, 0.5) is 5.69 Å². The molecule has 1 saturated carbocycles. The molecule has 7 N–H and O–H groups in total. The third-order valence-electron chi connectivity index (χ3n) is 7.59. The molecule has 1 fully saturated rings. The molecular formula is C25H30N3O8+. The number of aliphatic hydroxyl groups is 3. The third kappa shape index (κ3) is 3.23. The molecular weight excluding hydrogens is 470 g/mol. The highest BCUT2D eigenvalue weighted by Gasteiger charge is 2.64. The summed E-state index contributed by atoms with van der Waals surface area (Å²) in [7, 11) is 6.59. The predicted molar refractivity (Wildman–Crippen MR) is 127 cm³/mol. The number of quaternary nitrogens is 1. The number of amides is 1. The number of hydrogen-bond donors (Lipinski definition) is 5. The van der Waals surface area contributed by atoms with Crippen molar-refractivity contribution in [2.45, 2.75) is 31.4 Å². The highest BCUT2D eigenvalue weighted by molar-refractivity contribution is 6.22. The summed E-state index contributed by atoms with van der Waals surface area (Å²) in [5.41, 5.74) is 0.445. The second-order valence-electron chi connectivity index (χ2n) is 10.1. The van der Waals surface area contributed by atoms with E-state index in [1.165, 1.54) is 17.9 Å². The summed E-state index contributed by atoms with van der Waals surface area (Å²) in [6, 6.07) is 0.408. The number of phenolic OH excluding ortho intramolecular Hbond substituents is 1. The summed E-state index contributed by atoms with van der Waals surface area (Å²) in [6.07, 6.45) is 0.173. The molecule has 0 saturated heterocycles. The number of aromatic hydroxyl groups is 1. The Morgan fingerprint density at radius 3 is 2.22 bits per heavy atom. The van der Waals surface area contributed by atoms with Gasteiger partial charge in [0.2, 0.25) is 5.78 Å². The minimum Gasteiger partial charge on any atom is -0.508 e. The first kappa shape index (κ1) is 25.5. The Morgan fingerprint density at radius 2 is 1.72 bits per heavy atom. The first-order valence-corrected chi connectivity index (χ1v) is 11.4. The maximum absolute atomic E-state index is 13.9. The van der Waals surface area contributed by atoms with Crippen LogP contribution in [0.3, 0.4) is 0 Å². The second-order valence-corrected chi connectivity index (χ2v) is 10.1. The molecule has 3 aliphatic rings. The molecule has 4 rings (SSSR count). The zero-order chi connectivity index (χ0) is 27.0. The number of anilines is 1. The molecule has 4 atom stereocenters. The van der Waals surface area contributed by atoms with Gasteiger partial charge in [0.25, 0.3) is 0 Å². The number of fused-ring (bicyclic) bond motifs is 3. The molecule has 4 unspecified atom stereocenters. The smallest absolute Gasteiger partial charge is 0.348 e. The lowest BCUT2D eigenvalue weighted by molar-refractivity contribution is -0.299. The first-order chi connectivity index (χ1) is 16.7. The lowest BCUT2D eigenvalue weighted by Gasteiger charge is -2.50. The number of carbonyl (C=O) groups is 4. The topological polar surface area (TPSA) is 183 Å². The number of Topliss-reactive ketones (excluding diaryl/α,β-unsaturated/α-hetero) is 3. The highest BCUT2D eigenvalue weighted by Crippen LogP contribution is 2.54. The van der Waals surface area contributed by atoms with Crippen LogP contribution in [-0.2, 0) is 20.8 Å². The van der Waals surface area contributed by atoms with Gasteiger partial charge in [0.05, 0.1) is 17.2 Å². The summed E-state index contributed by atoms with van der Waals surface area (Å²) < 4.78 is 0. The number of nitrogens with zero attached hydrogens (tertiary/aromatic N) is 2. The molecule has 192 valence electrons. The Bertz CT molecular complexity index is 1310. The van der Waals surface area contributed by atoms with Gasteiger partial charge in [-0.2, -0.15) is 0 Å². The van der Waals surface area contributed by atoms with Gasteiger partial charge in [0, 0.05) is 31.3 Å². The number of carbonyl (C=O) groups excluding carboxylic acids is 4. The Balaban J connectivity index is 2.03. The lowest BCUT2D eigenvalue weighted by Crippen LogP contribution is -2.68. The van der Waals surface area contributed by atoms with Crippen molar-refractivity contribution in [3.8, 4) is 5.75 Å². The van der Waals surface area contributed by atoms with E-state index in [2.05, 4.69) is 5.73 Å². The minimum absolute atomic E-state index is 0.0143. The zero-order valence-electron chi connectivity index (χ0n) is 20.7. The summed E-state index contributed by atoms with van der Waals surface area (Å²) in [5.74, 6) is -7.29. The number of rotatable bonds is 4. The molecule has 1 aromatic carbocycles. The SMILES string of the molecule is CC(=O)c1cc(N(C)C)c2c(c1O)C(O)=C1C(=O)C3(O)C(O)=C(C([NH3+])=O)C(=O)C(N(C)C)C3CC1C2. The van der Waals surface area contributed by atoms with E-state index in [1.807, 2.05) is 0 Å². The van der Waals surface area contributed by atoms with Crippen molar-refractivity contribution in [3.63, 3.8) is 0 Å². The van der Waals surface area contributed by atoms with Gasteiger partial charge in [-0.05, 0) is 51.4 Å². The summed E-state index contributed by atoms with van der Waals surface area (Å²) in [5, 5.41) is 44.8. The normalized spacial score (nSPS) is 27.6. The average Bonchev–Trinajstić information content (AvgIpc) is 2.75. The summed E-state index contributed by atoms with van der Waals surface area (Å²) >= 11 is 0. The van der Waals surface area contributed by atoms with Crippen molar-refractivity contribution in [1.82, 2.24) is 4.90 Å². The molecule has 0 spiro atoms. The van der Waals surface area contributed by atoms with Gasteiger partial charge in [-0.25, -0.2) is 4.79 Å². The largest absolute Gasteiger partial charge is 0.508 e. The summed E-state index contributed by atoms with van der Waals surface area (Å²) in [4.78, 5) is 54.6. The second kappa shape index (κ2) is 8.26. The quantitative estimate of drug-likeness (QED) is 0.267. The molecule has 36 heavy (non-hydrogen) atoms. The number of aliphatic hydroxyl groups excluding tert-OH is 2. The maximum Gasteiger partial charge on any atom is 0.348 e. The predicted octanol–water partition coefficient (Wildman–Crippen LogP) is -0.484. The number of ketones is 3. The van der Waals surface area contributed by atoms with Gasteiger partial charge in [-0.15, -0.1) is 0 Å². The van der Waals surface area contributed by atoms with E-state index in [4.69, 9.17) is 0 Å². The molecule has 11 nitrogen and oxygen atoms in total. The van der Waals surface area contributed by atoms with E-state index in [0.717, 1.165) is 0 Å². The number of hydrogen-bond acceptors (Lipinski definition) is 10. The van der Waals surface area contributed by atoms with Crippen molar-refractivity contribution in [1.29, 1.82) is 0 Å². The van der Waals surface area contributed by atoms with Crippen LogP contribution < -0.4 is 10.6 Å². The molecule has 1 amide bonds. The fourth-order valence-electron chi connectivity index (χ4n) is 5.99. The minimum atomic E-state index is -2.67. The molecule has 0 bridgehead atoms. The lowest BCUT2D eigenvalue weighted by atomic mass is 9.57. The van der Waals surface area contributed by atoms with E-state index in [9.17, 15) is 39.6 Å². The van der Waals surface area contributed by atoms with Crippen LogP contribution in [0.5, 0.6) is 5.75 Å². The van der Waals surface area contributed by atoms with Gasteiger partial charge < -0.3 is 25.3 Å². The molecule has 0 radical (unpaired) electrons. The fraction of sp³-hybridized carbons (Fsp3) is 0.440. The van der Waals surface area contributed by atoms with Crippen LogP contribution in [0.15, 0.2) is 23.0 Å². The fourth-order valence-corrected chi connectivity index (χ4v) is 5.99. The van der Waals surface area contributed by atoms with Crippen molar-refractivity contribution in [3.05, 3.63) is 39.7 Å². The van der Waals surface area contributed by atoms with Crippen LogP contribution in [0.2, 0.25) is 0 Å². The monoisotopic (exact) mass is 500 g/mol.